The number of benzene rings is 1. The summed E-state index contributed by atoms with van der Waals surface area (Å²) in [5.41, 5.74) is 6.74. The number of aliphatic carboxylic acids is 1. The molecule has 0 amide bonds. The number of rotatable bonds is 3. The molecule has 1 aliphatic rings. The summed E-state index contributed by atoms with van der Waals surface area (Å²) in [5.74, 6) is 0.146. The molecule has 21 heavy (non-hydrogen) atoms. The van der Waals surface area contributed by atoms with Gasteiger partial charge in [0.15, 0.2) is 0 Å². The fraction of sp³-hybridized carbons (Fsp3) is 0.357. The predicted octanol–water partition coefficient (Wildman–Crippen LogP) is 0.0704. The maximum atomic E-state index is 11.3. The first-order valence-corrected chi connectivity index (χ1v) is 6.84. The summed E-state index contributed by atoms with van der Waals surface area (Å²) in [6.45, 7) is 2.21. The van der Waals surface area contributed by atoms with Crippen LogP contribution in [0.5, 0.6) is 0 Å². The zero-order valence-corrected chi connectivity index (χ0v) is 11.5. The molecule has 110 valence electrons. The van der Waals surface area contributed by atoms with Crippen molar-refractivity contribution in [2.24, 2.45) is 0 Å². The molecule has 1 aliphatic heterocycles. The van der Waals surface area contributed by atoms with E-state index in [4.69, 9.17) is 5.73 Å². The SMILES string of the molecule is Nc1nc(CN2CCNCC2C(=O)O)nc2ccccc12. The fourth-order valence-electron chi connectivity index (χ4n) is 2.58. The summed E-state index contributed by atoms with van der Waals surface area (Å²) in [7, 11) is 0. The Bertz CT molecular complexity index is 675. The Balaban J connectivity index is 1.88. The zero-order chi connectivity index (χ0) is 14.8. The second-order valence-corrected chi connectivity index (χ2v) is 5.07. The number of hydrogen-bond donors (Lipinski definition) is 3. The molecule has 0 radical (unpaired) electrons. The van der Waals surface area contributed by atoms with E-state index in [1.807, 2.05) is 29.2 Å². The monoisotopic (exact) mass is 287 g/mol. The smallest absolute Gasteiger partial charge is 0.322 e. The Kier molecular flexibility index (Phi) is 3.68. The highest BCUT2D eigenvalue weighted by Crippen LogP contribution is 2.18. The highest BCUT2D eigenvalue weighted by Gasteiger charge is 2.28. The highest BCUT2D eigenvalue weighted by molar-refractivity contribution is 5.87. The van der Waals surface area contributed by atoms with E-state index in [0.29, 0.717) is 31.3 Å². The molecule has 1 saturated heterocycles. The van der Waals surface area contributed by atoms with Crippen molar-refractivity contribution in [3.8, 4) is 0 Å². The van der Waals surface area contributed by atoms with Crippen LogP contribution in [0.25, 0.3) is 10.9 Å². The second-order valence-electron chi connectivity index (χ2n) is 5.07. The quantitative estimate of drug-likeness (QED) is 0.733. The van der Waals surface area contributed by atoms with Gasteiger partial charge in [-0.15, -0.1) is 0 Å². The van der Waals surface area contributed by atoms with Crippen LogP contribution < -0.4 is 11.1 Å². The summed E-state index contributed by atoms with van der Waals surface area (Å²) in [4.78, 5) is 21.9. The lowest BCUT2D eigenvalue weighted by Gasteiger charge is -2.32. The van der Waals surface area contributed by atoms with Gasteiger partial charge in [-0.05, 0) is 12.1 Å². The number of nitrogens with two attached hydrogens (primary N) is 1. The number of piperazine rings is 1. The highest BCUT2D eigenvalue weighted by atomic mass is 16.4. The van der Waals surface area contributed by atoms with Crippen LogP contribution in [0.15, 0.2) is 24.3 Å². The molecule has 0 saturated carbocycles. The van der Waals surface area contributed by atoms with Crippen LogP contribution in [0.1, 0.15) is 5.82 Å². The van der Waals surface area contributed by atoms with Crippen LogP contribution in [0.3, 0.4) is 0 Å². The summed E-state index contributed by atoms with van der Waals surface area (Å²) in [6, 6.07) is 6.97. The molecule has 1 fully saturated rings. The number of nitrogens with one attached hydrogen (secondary N) is 1. The Morgan fingerprint density at radius 1 is 1.43 bits per heavy atom. The van der Waals surface area contributed by atoms with Crippen LogP contribution in [0, 0.1) is 0 Å². The standard InChI is InChI=1S/C14H17N5O2/c15-13-9-3-1-2-4-10(9)17-12(18-13)8-19-6-5-16-7-11(19)14(20)21/h1-4,11,16H,5-8H2,(H,20,21)(H2,15,17,18). The summed E-state index contributed by atoms with van der Waals surface area (Å²) >= 11 is 0. The molecule has 1 aromatic heterocycles. The zero-order valence-electron chi connectivity index (χ0n) is 11.5. The third-order valence-electron chi connectivity index (χ3n) is 3.66. The second kappa shape index (κ2) is 5.63. The Hall–Kier alpha value is -2.25. The molecule has 4 N–H and O–H groups in total. The molecule has 0 bridgehead atoms. The normalized spacial score (nSPS) is 19.7. The lowest BCUT2D eigenvalue weighted by atomic mass is 10.2. The first kappa shape index (κ1) is 13.7. The van der Waals surface area contributed by atoms with Crippen molar-refractivity contribution in [1.29, 1.82) is 0 Å². The molecule has 2 heterocycles. The van der Waals surface area contributed by atoms with Crippen LogP contribution >= 0.6 is 0 Å². The minimum atomic E-state index is -0.837. The number of carboxylic acids is 1. The van der Waals surface area contributed by atoms with Crippen LogP contribution in [-0.2, 0) is 11.3 Å². The van der Waals surface area contributed by atoms with E-state index in [1.165, 1.54) is 0 Å². The molecule has 7 heteroatoms. The van der Waals surface area contributed by atoms with E-state index in [-0.39, 0.29) is 0 Å². The Morgan fingerprint density at radius 3 is 3.05 bits per heavy atom. The molecular weight excluding hydrogens is 270 g/mol. The molecule has 0 aliphatic carbocycles. The number of hydrogen-bond acceptors (Lipinski definition) is 6. The average molecular weight is 287 g/mol. The van der Waals surface area contributed by atoms with E-state index in [9.17, 15) is 9.90 Å². The number of nitrogen functional groups attached to an aromatic ring is 1. The number of aromatic nitrogens is 2. The maximum Gasteiger partial charge on any atom is 0.322 e. The number of para-hydroxylation sites is 1. The van der Waals surface area contributed by atoms with E-state index >= 15 is 0 Å². The van der Waals surface area contributed by atoms with Gasteiger partial charge in [-0.25, -0.2) is 9.97 Å². The van der Waals surface area contributed by atoms with Gasteiger partial charge in [-0.3, -0.25) is 9.69 Å². The van der Waals surface area contributed by atoms with Gasteiger partial charge in [0.25, 0.3) is 0 Å². The summed E-state index contributed by atoms with van der Waals surface area (Å²) in [5, 5.41) is 13.2. The van der Waals surface area contributed by atoms with Gasteiger partial charge in [0.05, 0.1) is 12.1 Å². The first-order chi connectivity index (χ1) is 10.1. The Morgan fingerprint density at radius 2 is 2.24 bits per heavy atom. The summed E-state index contributed by atoms with van der Waals surface area (Å²) < 4.78 is 0. The van der Waals surface area contributed by atoms with Crippen molar-refractivity contribution >= 4 is 22.7 Å². The van der Waals surface area contributed by atoms with Gasteiger partial charge in [0, 0.05) is 25.0 Å². The molecule has 3 rings (SSSR count). The lowest BCUT2D eigenvalue weighted by Crippen LogP contribution is -2.54. The Labute approximate surface area is 121 Å². The maximum absolute atomic E-state index is 11.3. The number of nitrogens with zero attached hydrogens (tertiary/aromatic N) is 3. The minimum absolute atomic E-state index is 0.383. The van der Waals surface area contributed by atoms with Crippen molar-refractivity contribution in [3.05, 3.63) is 30.1 Å². The number of fused-ring (bicyclic) bond motifs is 1. The topological polar surface area (TPSA) is 104 Å². The molecule has 1 aromatic carbocycles. The largest absolute Gasteiger partial charge is 0.480 e. The van der Waals surface area contributed by atoms with Gasteiger partial charge < -0.3 is 16.2 Å². The van der Waals surface area contributed by atoms with Gasteiger partial charge in [-0.1, -0.05) is 12.1 Å². The van der Waals surface area contributed by atoms with Crippen molar-refractivity contribution in [2.75, 3.05) is 25.4 Å². The van der Waals surface area contributed by atoms with Crippen molar-refractivity contribution < 1.29 is 9.90 Å². The van der Waals surface area contributed by atoms with E-state index in [2.05, 4.69) is 15.3 Å². The third kappa shape index (κ3) is 2.79. The van der Waals surface area contributed by atoms with Crippen molar-refractivity contribution in [2.45, 2.75) is 12.6 Å². The first-order valence-electron chi connectivity index (χ1n) is 6.84. The number of anilines is 1. The van der Waals surface area contributed by atoms with E-state index in [1.54, 1.807) is 0 Å². The van der Waals surface area contributed by atoms with Gasteiger partial charge in [0.2, 0.25) is 0 Å². The fourth-order valence-corrected chi connectivity index (χ4v) is 2.58. The van der Waals surface area contributed by atoms with Crippen LogP contribution in [-0.4, -0.2) is 51.6 Å². The van der Waals surface area contributed by atoms with Gasteiger partial charge >= 0.3 is 5.97 Å². The van der Waals surface area contributed by atoms with Crippen LogP contribution in [0.2, 0.25) is 0 Å². The summed E-state index contributed by atoms with van der Waals surface area (Å²) in [6.07, 6.45) is 0. The third-order valence-corrected chi connectivity index (χ3v) is 3.66. The average Bonchev–Trinajstić information content (AvgIpc) is 2.47. The van der Waals surface area contributed by atoms with E-state index in [0.717, 1.165) is 17.4 Å². The molecule has 2 aromatic rings. The van der Waals surface area contributed by atoms with Crippen molar-refractivity contribution in [3.63, 3.8) is 0 Å². The number of carbonyl (C=O) groups is 1. The predicted molar refractivity (Wildman–Crippen MR) is 78.7 cm³/mol. The molecule has 1 unspecified atom stereocenters. The van der Waals surface area contributed by atoms with Crippen LogP contribution in [0.4, 0.5) is 5.82 Å². The lowest BCUT2D eigenvalue weighted by molar-refractivity contribution is -0.144. The van der Waals surface area contributed by atoms with Gasteiger partial charge in [0.1, 0.15) is 17.7 Å². The number of carboxylic acid groups (broad SMARTS) is 1. The molecule has 7 nitrogen and oxygen atoms in total. The van der Waals surface area contributed by atoms with Gasteiger partial charge in [-0.2, -0.15) is 0 Å². The molecule has 1 atom stereocenters. The molecular formula is C14H17N5O2. The molecule has 0 spiro atoms. The minimum Gasteiger partial charge on any atom is -0.480 e. The van der Waals surface area contributed by atoms with E-state index < -0.39 is 12.0 Å². The van der Waals surface area contributed by atoms with Crippen molar-refractivity contribution in [1.82, 2.24) is 20.2 Å².